The number of ether oxygens (including phenoxy) is 2. The Labute approximate surface area is 112 Å². The molecule has 0 aromatic heterocycles. The SMILES string of the molecule is CCCOc1ccccc1OC1(CC(=O)O)CNC1. The molecular formula is C14H19NO4. The Morgan fingerprint density at radius 1 is 1.37 bits per heavy atom. The van der Waals surface area contributed by atoms with Gasteiger partial charge in [-0.25, -0.2) is 0 Å². The van der Waals surface area contributed by atoms with Gasteiger partial charge in [-0.1, -0.05) is 19.1 Å². The molecule has 5 nitrogen and oxygen atoms in total. The highest BCUT2D eigenvalue weighted by Gasteiger charge is 2.42. The quantitative estimate of drug-likeness (QED) is 0.785. The van der Waals surface area contributed by atoms with E-state index in [0.717, 1.165) is 6.42 Å². The number of aliphatic carboxylic acids is 1. The van der Waals surface area contributed by atoms with E-state index in [1.54, 1.807) is 0 Å². The predicted octanol–water partition coefficient (Wildman–Crippen LogP) is 1.67. The molecule has 0 saturated carbocycles. The van der Waals surface area contributed by atoms with Crippen molar-refractivity contribution in [3.8, 4) is 11.5 Å². The van der Waals surface area contributed by atoms with Crippen molar-refractivity contribution in [2.75, 3.05) is 19.7 Å². The second-order valence-corrected chi connectivity index (χ2v) is 4.75. The Kier molecular flexibility index (Phi) is 4.27. The number of nitrogens with one attached hydrogen (secondary N) is 1. The zero-order chi connectivity index (χ0) is 13.7. The zero-order valence-corrected chi connectivity index (χ0v) is 11.0. The first-order valence-electron chi connectivity index (χ1n) is 6.48. The monoisotopic (exact) mass is 265 g/mol. The number of para-hydroxylation sites is 2. The van der Waals surface area contributed by atoms with Gasteiger partial charge in [-0.2, -0.15) is 0 Å². The fourth-order valence-electron chi connectivity index (χ4n) is 2.01. The van der Waals surface area contributed by atoms with Gasteiger partial charge in [0.2, 0.25) is 0 Å². The number of hydrogen-bond acceptors (Lipinski definition) is 4. The van der Waals surface area contributed by atoms with Crippen LogP contribution in [0.5, 0.6) is 11.5 Å². The number of benzene rings is 1. The summed E-state index contributed by atoms with van der Waals surface area (Å²) in [7, 11) is 0. The molecule has 1 heterocycles. The molecule has 0 radical (unpaired) electrons. The van der Waals surface area contributed by atoms with Gasteiger partial charge in [0.05, 0.1) is 13.0 Å². The molecule has 0 spiro atoms. The molecule has 0 unspecified atom stereocenters. The third-order valence-electron chi connectivity index (χ3n) is 3.01. The van der Waals surface area contributed by atoms with Crippen LogP contribution in [0.25, 0.3) is 0 Å². The van der Waals surface area contributed by atoms with Crippen molar-refractivity contribution < 1.29 is 19.4 Å². The van der Waals surface area contributed by atoms with Crippen LogP contribution in [0.4, 0.5) is 0 Å². The lowest BCUT2D eigenvalue weighted by atomic mass is 9.92. The van der Waals surface area contributed by atoms with Crippen LogP contribution >= 0.6 is 0 Å². The second kappa shape index (κ2) is 5.93. The van der Waals surface area contributed by atoms with Crippen molar-refractivity contribution in [3.63, 3.8) is 0 Å². The maximum Gasteiger partial charge on any atom is 0.307 e. The minimum absolute atomic E-state index is 0.0118. The van der Waals surface area contributed by atoms with Crippen LogP contribution in [-0.2, 0) is 4.79 Å². The fraction of sp³-hybridized carbons (Fsp3) is 0.500. The van der Waals surface area contributed by atoms with Crippen LogP contribution in [-0.4, -0.2) is 36.4 Å². The van der Waals surface area contributed by atoms with Gasteiger partial charge in [-0.05, 0) is 18.6 Å². The topological polar surface area (TPSA) is 67.8 Å². The van der Waals surface area contributed by atoms with E-state index >= 15 is 0 Å². The molecule has 2 N–H and O–H groups in total. The molecular weight excluding hydrogens is 246 g/mol. The number of rotatable bonds is 7. The molecule has 104 valence electrons. The smallest absolute Gasteiger partial charge is 0.307 e. The molecule has 1 fully saturated rings. The average Bonchev–Trinajstić information content (AvgIpc) is 2.34. The van der Waals surface area contributed by atoms with E-state index in [1.807, 2.05) is 31.2 Å². The summed E-state index contributed by atoms with van der Waals surface area (Å²) in [5.74, 6) is 0.424. The molecule has 1 saturated heterocycles. The average molecular weight is 265 g/mol. The molecule has 0 amide bonds. The molecule has 0 atom stereocenters. The lowest BCUT2D eigenvalue weighted by molar-refractivity contribution is -0.143. The molecule has 5 heteroatoms. The third-order valence-corrected chi connectivity index (χ3v) is 3.01. The maximum absolute atomic E-state index is 10.9. The lowest BCUT2D eigenvalue weighted by Gasteiger charge is -2.41. The summed E-state index contributed by atoms with van der Waals surface area (Å²) in [5.41, 5.74) is -0.655. The highest BCUT2D eigenvalue weighted by atomic mass is 16.5. The summed E-state index contributed by atoms with van der Waals surface area (Å²) in [5, 5.41) is 12.0. The van der Waals surface area contributed by atoms with Crippen molar-refractivity contribution in [3.05, 3.63) is 24.3 Å². The molecule has 1 aromatic rings. The summed E-state index contributed by atoms with van der Waals surface area (Å²) in [4.78, 5) is 10.9. The van der Waals surface area contributed by atoms with E-state index in [-0.39, 0.29) is 6.42 Å². The molecule has 0 aliphatic carbocycles. The summed E-state index contributed by atoms with van der Waals surface area (Å²) < 4.78 is 11.5. The van der Waals surface area contributed by atoms with Gasteiger partial charge < -0.3 is 19.9 Å². The second-order valence-electron chi connectivity index (χ2n) is 4.75. The summed E-state index contributed by atoms with van der Waals surface area (Å²) in [6.07, 6.45) is 0.901. The molecule has 0 bridgehead atoms. The first-order valence-corrected chi connectivity index (χ1v) is 6.48. The number of carbonyl (C=O) groups is 1. The predicted molar refractivity (Wildman–Crippen MR) is 70.7 cm³/mol. The Balaban J connectivity index is 2.10. The van der Waals surface area contributed by atoms with Crippen molar-refractivity contribution in [1.82, 2.24) is 5.32 Å². The fourth-order valence-corrected chi connectivity index (χ4v) is 2.01. The van der Waals surface area contributed by atoms with E-state index in [0.29, 0.717) is 31.2 Å². The minimum atomic E-state index is -0.853. The van der Waals surface area contributed by atoms with E-state index in [1.165, 1.54) is 0 Å². The third kappa shape index (κ3) is 3.38. The van der Waals surface area contributed by atoms with Crippen molar-refractivity contribution >= 4 is 5.97 Å². The summed E-state index contributed by atoms with van der Waals surface area (Å²) >= 11 is 0. The van der Waals surface area contributed by atoms with Crippen LogP contribution in [0.2, 0.25) is 0 Å². The van der Waals surface area contributed by atoms with E-state index in [4.69, 9.17) is 14.6 Å². The van der Waals surface area contributed by atoms with Crippen LogP contribution < -0.4 is 14.8 Å². The molecule has 19 heavy (non-hydrogen) atoms. The first kappa shape index (κ1) is 13.7. The highest BCUT2D eigenvalue weighted by Crippen LogP contribution is 2.32. The molecule has 1 aliphatic heterocycles. The Hall–Kier alpha value is -1.75. The van der Waals surface area contributed by atoms with Gasteiger partial charge >= 0.3 is 5.97 Å². The van der Waals surface area contributed by atoms with Gasteiger partial charge in [0.15, 0.2) is 11.5 Å². The van der Waals surface area contributed by atoms with Crippen LogP contribution in [0.1, 0.15) is 19.8 Å². The van der Waals surface area contributed by atoms with Crippen LogP contribution in [0.3, 0.4) is 0 Å². The normalized spacial score (nSPS) is 16.5. The minimum Gasteiger partial charge on any atom is -0.490 e. The van der Waals surface area contributed by atoms with Gasteiger partial charge in [-0.3, -0.25) is 4.79 Å². The van der Waals surface area contributed by atoms with E-state index < -0.39 is 11.6 Å². The van der Waals surface area contributed by atoms with Crippen LogP contribution in [0, 0.1) is 0 Å². The first-order chi connectivity index (χ1) is 9.15. The number of hydrogen-bond donors (Lipinski definition) is 2. The lowest BCUT2D eigenvalue weighted by Crippen LogP contribution is -2.64. The molecule has 1 aromatic carbocycles. The van der Waals surface area contributed by atoms with Gasteiger partial charge in [0.1, 0.15) is 5.60 Å². The largest absolute Gasteiger partial charge is 0.490 e. The molecule has 2 rings (SSSR count). The Morgan fingerprint density at radius 3 is 2.58 bits per heavy atom. The highest BCUT2D eigenvalue weighted by molar-refractivity contribution is 5.68. The summed E-state index contributed by atoms with van der Waals surface area (Å²) in [6.45, 7) is 3.73. The van der Waals surface area contributed by atoms with E-state index in [2.05, 4.69) is 5.32 Å². The number of carboxylic acid groups (broad SMARTS) is 1. The maximum atomic E-state index is 10.9. The Morgan fingerprint density at radius 2 is 2.05 bits per heavy atom. The zero-order valence-electron chi connectivity index (χ0n) is 11.0. The van der Waals surface area contributed by atoms with Crippen molar-refractivity contribution in [2.24, 2.45) is 0 Å². The van der Waals surface area contributed by atoms with Gasteiger partial charge in [0, 0.05) is 13.1 Å². The van der Waals surface area contributed by atoms with Crippen LogP contribution in [0.15, 0.2) is 24.3 Å². The van der Waals surface area contributed by atoms with Crippen molar-refractivity contribution in [2.45, 2.75) is 25.4 Å². The van der Waals surface area contributed by atoms with E-state index in [9.17, 15) is 4.79 Å². The number of carboxylic acids is 1. The van der Waals surface area contributed by atoms with Gasteiger partial charge in [0.25, 0.3) is 0 Å². The van der Waals surface area contributed by atoms with Crippen molar-refractivity contribution in [1.29, 1.82) is 0 Å². The summed E-state index contributed by atoms with van der Waals surface area (Å²) in [6, 6.07) is 7.38. The molecule has 1 aliphatic rings. The standard InChI is InChI=1S/C14H19NO4/c1-2-7-18-11-5-3-4-6-12(11)19-14(8-13(16)17)9-15-10-14/h3-6,15H,2,7-10H2,1H3,(H,16,17). The Bertz CT molecular complexity index is 443. The van der Waals surface area contributed by atoms with Gasteiger partial charge in [-0.15, -0.1) is 0 Å².